The highest BCUT2D eigenvalue weighted by atomic mass is 15.1. The van der Waals surface area contributed by atoms with Crippen molar-refractivity contribution in [1.29, 1.82) is 0 Å². The molecule has 0 atom stereocenters. The minimum atomic E-state index is -0.461. The summed E-state index contributed by atoms with van der Waals surface area (Å²) < 4.78 is 0. The first-order chi connectivity index (χ1) is 61.5. The minimum absolute atomic E-state index is 0.453. The van der Waals surface area contributed by atoms with Gasteiger partial charge in [0.25, 0.3) is 0 Å². The Kier molecular flexibility index (Phi) is 16.2. The Hall–Kier alpha value is -16.0. The van der Waals surface area contributed by atoms with Gasteiger partial charge in [-0.2, -0.15) is 0 Å². The summed E-state index contributed by atoms with van der Waals surface area (Å²) in [7, 11) is 0. The number of hydrogen-bond donors (Lipinski definition) is 0. The number of para-hydroxylation sites is 4. The molecule has 0 unspecified atom stereocenters. The molecule has 0 saturated heterocycles. The van der Waals surface area contributed by atoms with Crippen molar-refractivity contribution in [1.82, 2.24) is 0 Å². The Morgan fingerprint density at radius 2 is 0.395 bits per heavy atom. The van der Waals surface area contributed by atoms with Crippen molar-refractivity contribution in [2.75, 3.05) is 9.80 Å². The van der Waals surface area contributed by atoms with Gasteiger partial charge in [-0.3, -0.25) is 0 Å². The fraction of sp³-hybridized carbons (Fsp3) is 0.0164. The van der Waals surface area contributed by atoms with E-state index < -0.39 is 10.8 Å². The van der Waals surface area contributed by atoms with E-state index in [2.05, 4.69) is 483 Å². The quantitative estimate of drug-likeness (QED) is 0.0888. The molecule has 0 radical (unpaired) electrons. The van der Waals surface area contributed by atoms with Gasteiger partial charge in [-0.05, 0) is 295 Å². The summed E-state index contributed by atoms with van der Waals surface area (Å²) in [5.41, 5.74) is 36.8. The molecule has 0 amide bonds. The number of nitrogens with zero attached hydrogens (tertiary/aromatic N) is 2. The normalized spacial score (nSPS) is 13.2. The molecule has 0 saturated carbocycles. The second-order valence-corrected chi connectivity index (χ2v) is 33.6. The molecule has 4 aliphatic carbocycles. The zero-order valence-corrected chi connectivity index (χ0v) is 67.9. The van der Waals surface area contributed by atoms with Gasteiger partial charge in [0.15, 0.2) is 0 Å². The first-order valence-corrected chi connectivity index (χ1v) is 43.2. The first-order valence-electron chi connectivity index (χ1n) is 43.2. The number of benzene rings is 22. The van der Waals surface area contributed by atoms with Gasteiger partial charge in [-0.15, -0.1) is 0 Å². The smallest absolute Gasteiger partial charge is 0.0725 e. The average molecular weight is 1570 g/mol. The van der Waals surface area contributed by atoms with Crippen molar-refractivity contribution in [3.8, 4) is 66.8 Å². The van der Waals surface area contributed by atoms with E-state index in [0.717, 1.165) is 45.3 Å². The van der Waals surface area contributed by atoms with Crippen LogP contribution in [0.1, 0.15) is 66.8 Å². The molecule has 2 heteroatoms. The Morgan fingerprint density at radius 3 is 0.734 bits per heavy atom. The predicted molar refractivity (Wildman–Crippen MR) is 524 cm³/mol. The Labute approximate surface area is 721 Å². The number of hydrogen-bond acceptors (Lipinski definition) is 2. The predicted octanol–water partition coefficient (Wildman–Crippen LogP) is 32.5. The molecule has 22 aromatic rings. The molecule has 2 spiro atoms. The number of anilines is 6. The van der Waals surface area contributed by atoms with Gasteiger partial charge in [0.1, 0.15) is 0 Å². The molecule has 0 N–H and O–H groups in total. The van der Waals surface area contributed by atoms with Crippen LogP contribution in [0.2, 0.25) is 0 Å². The average Bonchev–Trinajstić information content (AvgIpc) is 1.51. The van der Waals surface area contributed by atoms with Gasteiger partial charge in [-0.1, -0.05) is 376 Å². The van der Waals surface area contributed by atoms with Crippen molar-refractivity contribution in [2.24, 2.45) is 0 Å². The molecule has 4 aliphatic rings. The van der Waals surface area contributed by atoms with E-state index in [4.69, 9.17) is 0 Å². The van der Waals surface area contributed by atoms with Crippen LogP contribution in [0.5, 0.6) is 0 Å². The van der Waals surface area contributed by atoms with Crippen LogP contribution < -0.4 is 9.80 Å². The van der Waals surface area contributed by atoms with Gasteiger partial charge >= 0.3 is 0 Å². The lowest BCUT2D eigenvalue weighted by Gasteiger charge is -2.31. The molecule has 2 nitrogen and oxygen atoms in total. The van der Waals surface area contributed by atoms with E-state index in [1.165, 1.54) is 187 Å². The molecule has 0 heterocycles. The lowest BCUT2D eigenvalue weighted by molar-refractivity contribution is 0.793. The van der Waals surface area contributed by atoms with Crippen LogP contribution >= 0.6 is 0 Å². The van der Waals surface area contributed by atoms with Gasteiger partial charge in [0.05, 0.1) is 10.8 Å². The third kappa shape index (κ3) is 10.9. The summed E-state index contributed by atoms with van der Waals surface area (Å²) in [6, 6.07) is 166. The van der Waals surface area contributed by atoms with E-state index >= 15 is 0 Å². The van der Waals surface area contributed by atoms with E-state index in [0.29, 0.717) is 0 Å². The molecule has 124 heavy (non-hydrogen) atoms. The largest absolute Gasteiger partial charge is 0.311 e. The van der Waals surface area contributed by atoms with E-state index in [9.17, 15) is 0 Å². The van der Waals surface area contributed by atoms with Gasteiger partial charge in [0.2, 0.25) is 0 Å². The third-order valence-corrected chi connectivity index (χ3v) is 27.2. The van der Waals surface area contributed by atoms with Crippen molar-refractivity contribution in [3.05, 3.63) is 516 Å². The molecule has 26 rings (SSSR count). The Balaban J connectivity index is 0.000000137. The zero-order valence-electron chi connectivity index (χ0n) is 67.9. The Morgan fingerprint density at radius 1 is 0.153 bits per heavy atom. The molecule has 0 aromatic heterocycles. The van der Waals surface area contributed by atoms with Crippen LogP contribution in [0.15, 0.2) is 449 Å². The fourth-order valence-electron chi connectivity index (χ4n) is 21.9. The molecule has 22 aromatic carbocycles. The van der Waals surface area contributed by atoms with Gasteiger partial charge in [0, 0.05) is 34.1 Å². The molecule has 0 aliphatic heterocycles. The van der Waals surface area contributed by atoms with Gasteiger partial charge in [-0.25, -0.2) is 0 Å². The van der Waals surface area contributed by atoms with Gasteiger partial charge < -0.3 is 9.80 Å². The molecule has 0 fully saturated rings. The molecular weight excluding hydrogens is 1490 g/mol. The maximum Gasteiger partial charge on any atom is 0.0725 e. The summed E-state index contributed by atoms with van der Waals surface area (Å²) in [4.78, 5) is 4.60. The van der Waals surface area contributed by atoms with E-state index in [1.54, 1.807) is 0 Å². The van der Waals surface area contributed by atoms with Crippen LogP contribution in [0, 0.1) is 0 Å². The van der Waals surface area contributed by atoms with Crippen molar-refractivity contribution >= 4 is 123 Å². The maximum atomic E-state index is 2.54. The summed E-state index contributed by atoms with van der Waals surface area (Å²) in [6.07, 6.45) is 9.01. The Bertz CT molecular complexity index is 7490. The van der Waals surface area contributed by atoms with E-state index in [-0.39, 0.29) is 0 Å². The number of fused-ring (bicyclic) bond motifs is 20. The topological polar surface area (TPSA) is 6.48 Å². The SMILES string of the molecule is C(=C\c1ccc2c(c1)C1(c3ccccc3-c3ccccc31)c1cc(/C=C/c3ccc(N(c4ccccc4)c4ccccc4)cc3)ccc1-2)/c1ccc(N(c2ccccc2)c2ccccc2)cc1.c1ccc2c(c1)-c1ccccc1C21c2cc(-c3ccc4ccc5cccc6ccc3c4c56)ccc2-c2ccc(-c3ccc4ccc5cccc6ccc3c4c56)cc21. The summed E-state index contributed by atoms with van der Waals surface area (Å²) >= 11 is 0. The molecule has 576 valence electrons. The van der Waals surface area contributed by atoms with Crippen molar-refractivity contribution in [2.45, 2.75) is 10.8 Å². The summed E-state index contributed by atoms with van der Waals surface area (Å²) in [5.74, 6) is 0. The second-order valence-electron chi connectivity index (χ2n) is 33.6. The minimum Gasteiger partial charge on any atom is -0.311 e. The van der Waals surface area contributed by atoms with Crippen LogP contribution in [0.3, 0.4) is 0 Å². The van der Waals surface area contributed by atoms with Crippen molar-refractivity contribution < 1.29 is 0 Å². The second kappa shape index (κ2) is 28.3. The van der Waals surface area contributed by atoms with Crippen LogP contribution in [0.4, 0.5) is 34.1 Å². The highest BCUT2D eigenvalue weighted by Crippen LogP contribution is 2.66. The van der Waals surface area contributed by atoms with Crippen molar-refractivity contribution in [3.63, 3.8) is 0 Å². The molecule has 0 bridgehead atoms. The zero-order chi connectivity index (χ0) is 81.6. The summed E-state index contributed by atoms with van der Waals surface area (Å²) in [6.45, 7) is 0. The number of rotatable bonds is 12. The standard InChI is InChI=1S/C65H46N2.C57H32/c1-5-17-51(18-6-1)66(52-19-7-2-8-20-52)55-39-33-47(34-40-55)29-31-49-37-43-59-60-44-38-50(46-64(60)65(63(59)45-49)61-27-15-13-25-57(61)58-26-14-16-28-62(58)65)32-30-48-35-41-56(42-36-48)67(53-21-9-3-10-22-53)54-23-11-4-12-24-54;1-3-13-49-43(11-1)44-12-2-4-14-50(44)57(49)51-31-39(41-25-19-37-17-15-33-7-5-9-35-21-29-47(41)55(37)53(33)35)23-27-45(51)46-28-24-40(32-52(46)57)42-26-20-38-18-16-34-8-6-10-36-22-30-48(42)56(38)54(34)36/h1-46H;1-32H/b31-29+,32-30+;. The highest BCUT2D eigenvalue weighted by molar-refractivity contribution is 6.27. The first kappa shape index (κ1) is 71.0. The van der Waals surface area contributed by atoms with E-state index in [1.807, 2.05) is 0 Å². The fourth-order valence-corrected chi connectivity index (χ4v) is 21.9. The highest BCUT2D eigenvalue weighted by Gasteiger charge is 2.53. The molecular formula is C122H78N2. The maximum absolute atomic E-state index is 2.54. The lowest BCUT2D eigenvalue weighted by Crippen LogP contribution is -2.26. The van der Waals surface area contributed by atoms with Crippen LogP contribution in [-0.2, 0) is 10.8 Å². The third-order valence-electron chi connectivity index (χ3n) is 27.2. The monoisotopic (exact) mass is 1570 g/mol. The van der Waals surface area contributed by atoms with Crippen LogP contribution in [0.25, 0.3) is 156 Å². The summed E-state index contributed by atoms with van der Waals surface area (Å²) in [5, 5.41) is 15.8. The lowest BCUT2D eigenvalue weighted by atomic mass is 9.70. The van der Waals surface area contributed by atoms with Crippen LogP contribution in [-0.4, -0.2) is 0 Å².